The lowest BCUT2D eigenvalue weighted by atomic mass is 10.0. The molecule has 2 heterocycles. The molecule has 1 amide bonds. The van der Waals surface area contributed by atoms with E-state index in [1.807, 2.05) is 0 Å². The van der Waals surface area contributed by atoms with Crippen molar-refractivity contribution in [1.29, 1.82) is 0 Å². The third-order valence-electron chi connectivity index (χ3n) is 6.57. The van der Waals surface area contributed by atoms with Gasteiger partial charge in [-0.05, 0) is 29.7 Å². The molecule has 0 unspecified atom stereocenters. The number of aliphatic carboxylic acids is 1. The largest absolute Gasteiger partial charge is 0.480 e. The Labute approximate surface area is 237 Å². The summed E-state index contributed by atoms with van der Waals surface area (Å²) in [7, 11) is -3.91. The van der Waals surface area contributed by atoms with Crippen LogP contribution in [0.15, 0.2) is 64.5 Å². The van der Waals surface area contributed by atoms with Gasteiger partial charge in [0.15, 0.2) is 5.96 Å². The van der Waals surface area contributed by atoms with Crippen LogP contribution in [-0.4, -0.2) is 84.8 Å². The molecule has 40 heavy (non-hydrogen) atoms. The molecule has 11 nitrogen and oxygen atoms in total. The van der Waals surface area contributed by atoms with Gasteiger partial charge >= 0.3 is 5.97 Å². The van der Waals surface area contributed by atoms with Gasteiger partial charge in [0.1, 0.15) is 17.9 Å². The highest BCUT2D eigenvalue weighted by Crippen LogP contribution is 2.28. The Morgan fingerprint density at radius 1 is 1.10 bits per heavy atom. The maximum absolute atomic E-state index is 13.1. The molecule has 2 aliphatic rings. The van der Waals surface area contributed by atoms with E-state index in [1.54, 1.807) is 42.5 Å². The van der Waals surface area contributed by atoms with Crippen molar-refractivity contribution in [2.24, 2.45) is 4.99 Å². The maximum Gasteiger partial charge on any atom is 0.326 e. The molecule has 1 fully saturated rings. The summed E-state index contributed by atoms with van der Waals surface area (Å²) in [5, 5.41) is 18.6. The van der Waals surface area contributed by atoms with E-state index in [1.165, 1.54) is 23.9 Å². The fourth-order valence-corrected chi connectivity index (χ4v) is 7.59. The van der Waals surface area contributed by atoms with Gasteiger partial charge in [0.05, 0.1) is 17.3 Å². The summed E-state index contributed by atoms with van der Waals surface area (Å²) in [5.41, 5.74) is 1.50. The van der Waals surface area contributed by atoms with Gasteiger partial charge in [-0.2, -0.15) is 4.31 Å². The molecule has 2 aromatic rings. The predicted molar refractivity (Wildman–Crippen MR) is 153 cm³/mol. The van der Waals surface area contributed by atoms with Crippen molar-refractivity contribution in [3.63, 3.8) is 0 Å². The summed E-state index contributed by atoms with van der Waals surface area (Å²) in [6.07, 6.45) is 1.43. The molecule has 2 aliphatic heterocycles. The van der Waals surface area contributed by atoms with E-state index in [-0.39, 0.29) is 35.2 Å². The molecule has 4 N–H and O–H groups in total. The first-order valence-electron chi connectivity index (χ1n) is 13.0. The van der Waals surface area contributed by atoms with Crippen LogP contribution in [0.3, 0.4) is 0 Å². The monoisotopic (exact) mass is 587 g/mol. The highest BCUT2D eigenvalue weighted by Gasteiger charge is 2.41. The second kappa shape index (κ2) is 13.8. The molecule has 2 aromatic carbocycles. The van der Waals surface area contributed by atoms with Crippen molar-refractivity contribution in [2.75, 3.05) is 31.3 Å². The zero-order valence-electron chi connectivity index (χ0n) is 21.9. The molecule has 214 valence electrons. The zero-order valence-corrected chi connectivity index (χ0v) is 23.5. The Morgan fingerprint density at radius 3 is 2.50 bits per heavy atom. The number of Topliss-reactive ketones (excluding diaryl/α,β-unsaturated/α-hetero) is 1. The minimum absolute atomic E-state index is 0.0180. The Balaban J connectivity index is 1.29. The smallest absolute Gasteiger partial charge is 0.326 e. The number of carboxylic acids is 1. The molecule has 0 saturated carbocycles. The summed E-state index contributed by atoms with van der Waals surface area (Å²) in [6.45, 7) is 2.25. The van der Waals surface area contributed by atoms with E-state index in [4.69, 9.17) is 0 Å². The van der Waals surface area contributed by atoms with Gasteiger partial charge in [0.25, 0.3) is 0 Å². The summed E-state index contributed by atoms with van der Waals surface area (Å²) >= 11 is 1.30. The van der Waals surface area contributed by atoms with Gasteiger partial charge < -0.3 is 21.1 Å². The van der Waals surface area contributed by atoms with E-state index >= 15 is 0 Å². The number of hydrogen-bond acceptors (Lipinski definition) is 9. The number of nitrogens with zero attached hydrogens (tertiary/aromatic N) is 2. The van der Waals surface area contributed by atoms with Gasteiger partial charge in [-0.1, -0.05) is 42.5 Å². The molecule has 2 atom stereocenters. The number of carbonyl (C=O) groups is 3. The van der Waals surface area contributed by atoms with Crippen LogP contribution in [0.25, 0.3) is 0 Å². The van der Waals surface area contributed by atoms with Crippen molar-refractivity contribution >= 4 is 45.4 Å². The first-order valence-corrected chi connectivity index (χ1v) is 15.6. The van der Waals surface area contributed by atoms with Gasteiger partial charge in [-0.25, -0.2) is 13.2 Å². The average molecular weight is 588 g/mol. The first-order chi connectivity index (χ1) is 19.2. The third-order valence-corrected chi connectivity index (χ3v) is 9.62. The Hall–Kier alpha value is -3.42. The fraction of sp³-hybridized carbons (Fsp3) is 0.407. The van der Waals surface area contributed by atoms with E-state index < -0.39 is 34.0 Å². The standard InChI is InChI=1S/C27H33N5O6S2/c33-21(5-4-12-28-27-29-13-14-30-27)15-19-8-10-20(11-9-19)16-23(26(35)36)31-25(34)24-17-39-18-32(24)40(37,38)22-6-2-1-3-7-22/h1-3,6-11,23-24H,4-5,12-18H2,(H,31,34)(H,35,36)(H2,28,29,30)/t23-,24-/m0/s1. The number of thioether (sulfide) groups is 1. The van der Waals surface area contributed by atoms with E-state index in [0.29, 0.717) is 24.9 Å². The molecule has 0 aromatic heterocycles. The Kier molecular flexibility index (Phi) is 10.2. The number of carboxylic acid groups (broad SMARTS) is 1. The quantitative estimate of drug-likeness (QED) is 0.251. The number of hydrogen-bond donors (Lipinski definition) is 4. The minimum atomic E-state index is -3.91. The van der Waals surface area contributed by atoms with Crippen LogP contribution >= 0.6 is 11.8 Å². The van der Waals surface area contributed by atoms with Gasteiger partial charge in [-0.15, -0.1) is 11.8 Å². The maximum atomic E-state index is 13.1. The summed E-state index contributed by atoms with van der Waals surface area (Å²) in [6, 6.07) is 12.7. The summed E-state index contributed by atoms with van der Waals surface area (Å²) in [4.78, 5) is 41.7. The van der Waals surface area contributed by atoms with Crippen molar-refractivity contribution < 1.29 is 27.9 Å². The molecule has 0 spiro atoms. The molecule has 13 heteroatoms. The molecular weight excluding hydrogens is 554 g/mol. The fourth-order valence-electron chi connectivity index (χ4n) is 4.42. The van der Waals surface area contributed by atoms with Crippen LogP contribution in [0.2, 0.25) is 0 Å². The highest BCUT2D eigenvalue weighted by atomic mass is 32.2. The lowest BCUT2D eigenvalue weighted by molar-refractivity contribution is -0.142. The topological polar surface area (TPSA) is 157 Å². The molecule has 0 radical (unpaired) electrons. The van der Waals surface area contributed by atoms with Crippen LogP contribution in [0.5, 0.6) is 0 Å². The summed E-state index contributed by atoms with van der Waals surface area (Å²) in [5.74, 6) is -0.649. The summed E-state index contributed by atoms with van der Waals surface area (Å²) < 4.78 is 27.3. The number of guanidine groups is 1. The number of benzene rings is 2. The van der Waals surface area contributed by atoms with E-state index in [2.05, 4.69) is 20.9 Å². The molecule has 0 bridgehead atoms. The predicted octanol–water partition coefficient (Wildman–Crippen LogP) is 1.00. The average Bonchev–Trinajstić information content (AvgIpc) is 3.65. The highest BCUT2D eigenvalue weighted by molar-refractivity contribution is 8.00. The number of aliphatic imine (C=N–C) groups is 1. The number of amides is 1. The van der Waals surface area contributed by atoms with E-state index in [9.17, 15) is 27.9 Å². The van der Waals surface area contributed by atoms with Gasteiger partial charge in [-0.3, -0.25) is 14.6 Å². The number of rotatable bonds is 13. The van der Waals surface area contributed by atoms with Crippen molar-refractivity contribution in [3.05, 3.63) is 65.7 Å². The lowest BCUT2D eigenvalue weighted by Crippen LogP contribution is -2.52. The molecule has 4 rings (SSSR count). The normalized spacial score (nSPS) is 18.0. The van der Waals surface area contributed by atoms with E-state index in [0.717, 1.165) is 28.9 Å². The van der Waals surface area contributed by atoms with Crippen LogP contribution in [0.1, 0.15) is 24.0 Å². The van der Waals surface area contributed by atoms with Gasteiger partial charge in [0, 0.05) is 38.1 Å². The van der Waals surface area contributed by atoms with Gasteiger partial charge in [0.2, 0.25) is 15.9 Å². The second-order valence-corrected chi connectivity index (χ2v) is 12.4. The van der Waals surface area contributed by atoms with Crippen molar-refractivity contribution in [1.82, 2.24) is 20.3 Å². The number of nitrogens with one attached hydrogen (secondary N) is 3. The van der Waals surface area contributed by atoms with Crippen LogP contribution in [-0.2, 0) is 37.2 Å². The van der Waals surface area contributed by atoms with Crippen LogP contribution in [0.4, 0.5) is 0 Å². The number of ketones is 1. The van der Waals surface area contributed by atoms with Crippen LogP contribution < -0.4 is 16.0 Å². The Morgan fingerprint density at radius 2 is 1.82 bits per heavy atom. The van der Waals surface area contributed by atoms with Crippen molar-refractivity contribution in [3.8, 4) is 0 Å². The van der Waals surface area contributed by atoms with Crippen molar-refractivity contribution in [2.45, 2.75) is 42.7 Å². The van der Waals surface area contributed by atoms with Crippen LogP contribution in [0, 0.1) is 0 Å². The third kappa shape index (κ3) is 7.83. The second-order valence-electron chi connectivity index (χ2n) is 9.54. The minimum Gasteiger partial charge on any atom is -0.480 e. The zero-order chi connectivity index (χ0) is 28.5. The number of carbonyl (C=O) groups excluding carboxylic acids is 2. The molecule has 1 saturated heterocycles. The molecule has 0 aliphatic carbocycles. The SMILES string of the molecule is O=C(CCCNC1=NCCN1)Cc1ccc(C[C@H](NC(=O)[C@@H]2CSCN2S(=O)(=O)c2ccccc2)C(=O)O)cc1. The first kappa shape index (κ1) is 29.6. The number of sulfonamides is 1. The lowest BCUT2D eigenvalue weighted by Gasteiger charge is -2.24. The molecular formula is C27H33N5O6S2. The Bertz CT molecular complexity index is 1330.